The lowest BCUT2D eigenvalue weighted by atomic mass is 10.2. The molecule has 2 radical (unpaired) electrons. The molecule has 2 rings (SSSR count). The zero-order valence-electron chi connectivity index (χ0n) is 15.1. The second kappa shape index (κ2) is 11.8. The van der Waals surface area contributed by atoms with Gasteiger partial charge in [-0.25, -0.2) is 9.59 Å². The SMILES string of the molecule is Cc1ccc(C(=O)OO[CH]CCCC[CH]OOC(=O)c2ccccc2)cc1. The zero-order valence-corrected chi connectivity index (χ0v) is 15.1. The molecule has 6 heteroatoms. The van der Waals surface area contributed by atoms with E-state index in [1.165, 1.54) is 13.2 Å². The Morgan fingerprint density at radius 3 is 1.74 bits per heavy atom. The number of carbonyl (C=O) groups is 2. The molecule has 142 valence electrons. The molecule has 0 bridgehead atoms. The van der Waals surface area contributed by atoms with E-state index in [0.717, 1.165) is 18.4 Å². The molecule has 0 aliphatic rings. The third kappa shape index (κ3) is 8.02. The first kappa shape index (κ1) is 20.6. The Kier molecular flexibility index (Phi) is 9.03. The highest BCUT2D eigenvalue weighted by atomic mass is 17.2. The molecule has 27 heavy (non-hydrogen) atoms. The van der Waals surface area contributed by atoms with Gasteiger partial charge in [0.2, 0.25) is 0 Å². The van der Waals surface area contributed by atoms with E-state index < -0.39 is 11.9 Å². The van der Waals surface area contributed by atoms with Crippen molar-refractivity contribution in [2.24, 2.45) is 0 Å². The average Bonchev–Trinajstić information content (AvgIpc) is 2.70. The van der Waals surface area contributed by atoms with E-state index in [2.05, 4.69) is 4.89 Å². The van der Waals surface area contributed by atoms with Crippen molar-refractivity contribution in [3.05, 3.63) is 84.5 Å². The number of hydrogen-bond acceptors (Lipinski definition) is 6. The van der Waals surface area contributed by atoms with Gasteiger partial charge in [-0.3, -0.25) is 9.78 Å². The summed E-state index contributed by atoms with van der Waals surface area (Å²) in [6.45, 7) is 4.80. The molecule has 0 saturated heterocycles. The Labute approximate surface area is 158 Å². The molecule has 0 unspecified atom stereocenters. The summed E-state index contributed by atoms with van der Waals surface area (Å²) in [4.78, 5) is 42.2. The Bertz CT molecular complexity index is 696. The monoisotopic (exact) mass is 370 g/mol. The van der Waals surface area contributed by atoms with Gasteiger partial charge in [-0.05, 0) is 44.0 Å². The number of benzene rings is 2. The van der Waals surface area contributed by atoms with Gasteiger partial charge in [-0.1, -0.05) is 48.7 Å². The molecular weight excluding hydrogens is 348 g/mol. The van der Waals surface area contributed by atoms with Gasteiger partial charge in [0.05, 0.1) is 11.1 Å². The summed E-state index contributed by atoms with van der Waals surface area (Å²) in [6.07, 6.45) is 2.82. The van der Waals surface area contributed by atoms with E-state index in [1.807, 2.05) is 25.1 Å². The standard InChI is InChI=1S/C21H22O6/c1-17-11-13-19(14-12-17)21(23)27-25-16-8-3-2-7-15-24-26-20(22)18-9-5-4-6-10-18/h4-6,9-16H,2-3,7-8H2,1H3. The molecule has 2 aromatic carbocycles. The minimum absolute atomic E-state index is 0.429. The first-order valence-corrected chi connectivity index (χ1v) is 8.67. The summed E-state index contributed by atoms with van der Waals surface area (Å²) >= 11 is 0. The van der Waals surface area contributed by atoms with E-state index in [-0.39, 0.29) is 0 Å². The van der Waals surface area contributed by atoms with Crippen LogP contribution in [0.4, 0.5) is 0 Å². The van der Waals surface area contributed by atoms with E-state index in [0.29, 0.717) is 24.0 Å². The largest absolute Gasteiger partial charge is 0.373 e. The Hall–Kier alpha value is -2.70. The van der Waals surface area contributed by atoms with Crippen molar-refractivity contribution in [3.8, 4) is 0 Å². The summed E-state index contributed by atoms with van der Waals surface area (Å²) in [6, 6.07) is 15.6. The predicted octanol–water partition coefficient (Wildman–Crippen LogP) is 4.76. The second-order valence-electron chi connectivity index (χ2n) is 5.78. The number of hydrogen-bond donors (Lipinski definition) is 0. The minimum atomic E-state index is -0.538. The molecular formula is C21H22O6. The molecule has 0 aromatic heterocycles. The van der Waals surface area contributed by atoms with E-state index >= 15 is 0 Å². The summed E-state index contributed by atoms with van der Waals surface area (Å²) in [5.74, 6) is -1.07. The predicted molar refractivity (Wildman–Crippen MR) is 97.7 cm³/mol. The van der Waals surface area contributed by atoms with Crippen LogP contribution in [-0.4, -0.2) is 11.9 Å². The lowest BCUT2D eigenvalue weighted by molar-refractivity contribution is -0.215. The summed E-state index contributed by atoms with van der Waals surface area (Å²) < 4.78 is 0. The van der Waals surface area contributed by atoms with Crippen LogP contribution in [0.1, 0.15) is 52.0 Å². The second-order valence-corrected chi connectivity index (χ2v) is 5.78. The molecule has 2 aromatic rings. The third-order valence-electron chi connectivity index (χ3n) is 3.57. The van der Waals surface area contributed by atoms with Crippen molar-refractivity contribution >= 4 is 11.9 Å². The van der Waals surface area contributed by atoms with Crippen LogP contribution in [0.25, 0.3) is 0 Å². The molecule has 0 spiro atoms. The maximum absolute atomic E-state index is 11.7. The molecule has 0 N–H and O–H groups in total. The number of aryl methyl sites for hydroxylation is 1. The number of unbranched alkanes of at least 4 members (excludes halogenated alkanes) is 3. The van der Waals surface area contributed by atoms with Crippen LogP contribution in [0.3, 0.4) is 0 Å². The quantitative estimate of drug-likeness (QED) is 0.323. The first-order valence-electron chi connectivity index (χ1n) is 8.67. The van der Waals surface area contributed by atoms with Gasteiger partial charge in [0, 0.05) is 0 Å². The molecule has 0 fully saturated rings. The van der Waals surface area contributed by atoms with Crippen LogP contribution in [0, 0.1) is 20.1 Å². The Morgan fingerprint density at radius 2 is 1.22 bits per heavy atom. The van der Waals surface area contributed by atoms with E-state index in [1.54, 1.807) is 36.4 Å². The highest BCUT2D eigenvalue weighted by Crippen LogP contribution is 2.09. The molecule has 6 nitrogen and oxygen atoms in total. The zero-order chi connectivity index (χ0) is 19.3. The molecule has 0 aliphatic carbocycles. The van der Waals surface area contributed by atoms with Gasteiger partial charge in [0.15, 0.2) is 0 Å². The lowest BCUT2D eigenvalue weighted by Gasteiger charge is -2.04. The highest BCUT2D eigenvalue weighted by Gasteiger charge is 2.08. The molecule has 0 amide bonds. The van der Waals surface area contributed by atoms with Gasteiger partial charge >= 0.3 is 11.9 Å². The Balaban J connectivity index is 1.43. The van der Waals surface area contributed by atoms with Crippen LogP contribution in [-0.2, 0) is 19.6 Å². The van der Waals surface area contributed by atoms with Gasteiger partial charge in [0.25, 0.3) is 0 Å². The van der Waals surface area contributed by atoms with Gasteiger partial charge in [-0.15, -0.1) is 0 Å². The normalized spacial score (nSPS) is 10.4. The van der Waals surface area contributed by atoms with E-state index in [4.69, 9.17) is 14.7 Å². The Morgan fingerprint density at radius 1 is 0.741 bits per heavy atom. The smallest absolute Gasteiger partial charge is 0.292 e. The van der Waals surface area contributed by atoms with E-state index in [9.17, 15) is 9.59 Å². The van der Waals surface area contributed by atoms with Crippen molar-refractivity contribution in [2.75, 3.05) is 0 Å². The molecule has 0 saturated carbocycles. The third-order valence-corrected chi connectivity index (χ3v) is 3.57. The van der Waals surface area contributed by atoms with Crippen molar-refractivity contribution < 1.29 is 29.1 Å². The van der Waals surface area contributed by atoms with Crippen LogP contribution >= 0.6 is 0 Å². The van der Waals surface area contributed by atoms with Crippen LogP contribution in [0.2, 0.25) is 0 Å². The van der Waals surface area contributed by atoms with Gasteiger partial charge < -0.3 is 0 Å². The topological polar surface area (TPSA) is 71.1 Å². The van der Waals surface area contributed by atoms with Crippen molar-refractivity contribution in [1.29, 1.82) is 0 Å². The summed E-state index contributed by atoms with van der Waals surface area (Å²) in [5.41, 5.74) is 1.93. The molecule has 0 atom stereocenters. The summed E-state index contributed by atoms with van der Waals surface area (Å²) in [5, 5.41) is 0. The number of rotatable bonds is 11. The number of carbonyl (C=O) groups excluding carboxylic acids is 2. The average molecular weight is 370 g/mol. The fourth-order valence-corrected chi connectivity index (χ4v) is 2.07. The van der Waals surface area contributed by atoms with Gasteiger partial charge in [-0.2, -0.15) is 9.78 Å². The fourth-order valence-electron chi connectivity index (χ4n) is 2.07. The molecule has 0 aliphatic heterocycles. The summed E-state index contributed by atoms with van der Waals surface area (Å²) in [7, 11) is 0. The maximum atomic E-state index is 11.7. The van der Waals surface area contributed by atoms with Crippen LogP contribution in [0.5, 0.6) is 0 Å². The van der Waals surface area contributed by atoms with Crippen molar-refractivity contribution in [2.45, 2.75) is 32.6 Å². The first-order chi connectivity index (χ1) is 13.2. The van der Waals surface area contributed by atoms with Crippen LogP contribution in [0.15, 0.2) is 54.6 Å². The van der Waals surface area contributed by atoms with Crippen LogP contribution < -0.4 is 0 Å². The maximum Gasteiger partial charge on any atom is 0.373 e. The fraction of sp³-hybridized carbons (Fsp3) is 0.238. The molecule has 0 heterocycles. The lowest BCUT2D eigenvalue weighted by Crippen LogP contribution is -2.05. The van der Waals surface area contributed by atoms with Gasteiger partial charge in [0.1, 0.15) is 13.2 Å². The van der Waals surface area contributed by atoms with Crippen molar-refractivity contribution in [1.82, 2.24) is 0 Å². The highest BCUT2D eigenvalue weighted by molar-refractivity contribution is 5.89. The van der Waals surface area contributed by atoms with Crippen molar-refractivity contribution in [3.63, 3.8) is 0 Å². The minimum Gasteiger partial charge on any atom is -0.292 e.